The molecule has 1 amide bonds. The Balaban J connectivity index is 1.31. The Morgan fingerprint density at radius 2 is 1.93 bits per heavy atom. The van der Waals surface area contributed by atoms with Gasteiger partial charge in [-0.05, 0) is 43.5 Å². The van der Waals surface area contributed by atoms with Gasteiger partial charge in [-0.2, -0.15) is 0 Å². The van der Waals surface area contributed by atoms with Crippen LogP contribution in [0.5, 0.6) is 0 Å². The maximum Gasteiger partial charge on any atom is 0.233 e. The standard InChI is InChI=1S/C21H28N4O3S2/c1-16-3-4-18(13-17(16)2)25-7-6-22-21(25)29-14-20(26)24-10-8-23(9-11-24)19-5-12-30(27,28)15-19/h3-4,6-7,13,19H,5,8-12,14-15H2,1-2H3/t19-/m1/s1. The van der Waals surface area contributed by atoms with E-state index in [2.05, 4.69) is 41.9 Å². The highest BCUT2D eigenvalue weighted by Gasteiger charge is 2.34. The van der Waals surface area contributed by atoms with Gasteiger partial charge in [0.15, 0.2) is 15.0 Å². The van der Waals surface area contributed by atoms with Gasteiger partial charge in [-0.1, -0.05) is 17.8 Å². The van der Waals surface area contributed by atoms with Crippen LogP contribution in [0, 0.1) is 13.8 Å². The molecule has 2 fully saturated rings. The van der Waals surface area contributed by atoms with Crippen LogP contribution in [0.2, 0.25) is 0 Å². The number of hydrogen-bond acceptors (Lipinski definition) is 6. The Bertz CT molecular complexity index is 1030. The molecule has 0 bridgehead atoms. The Kier molecular flexibility index (Phi) is 6.22. The van der Waals surface area contributed by atoms with Gasteiger partial charge in [-0.15, -0.1) is 0 Å². The van der Waals surface area contributed by atoms with Gasteiger partial charge in [0.05, 0.1) is 17.3 Å². The van der Waals surface area contributed by atoms with Crippen LogP contribution in [0.3, 0.4) is 0 Å². The number of aromatic nitrogens is 2. The van der Waals surface area contributed by atoms with Crippen molar-refractivity contribution in [2.45, 2.75) is 31.5 Å². The van der Waals surface area contributed by atoms with Crippen LogP contribution >= 0.6 is 11.8 Å². The van der Waals surface area contributed by atoms with Crippen LogP contribution in [-0.4, -0.2) is 83.2 Å². The van der Waals surface area contributed by atoms with E-state index in [9.17, 15) is 13.2 Å². The lowest BCUT2D eigenvalue weighted by Gasteiger charge is -2.37. The Hall–Kier alpha value is -1.84. The molecule has 7 nitrogen and oxygen atoms in total. The second kappa shape index (κ2) is 8.72. The Labute approximate surface area is 182 Å². The number of sulfone groups is 1. The molecule has 30 heavy (non-hydrogen) atoms. The van der Waals surface area contributed by atoms with E-state index in [1.165, 1.54) is 22.9 Å². The molecule has 0 saturated carbocycles. The first-order valence-corrected chi connectivity index (χ1v) is 13.1. The van der Waals surface area contributed by atoms with Gasteiger partial charge in [-0.3, -0.25) is 14.3 Å². The van der Waals surface area contributed by atoms with Crippen LogP contribution in [0.1, 0.15) is 17.5 Å². The van der Waals surface area contributed by atoms with Gasteiger partial charge >= 0.3 is 0 Å². The van der Waals surface area contributed by atoms with Crippen molar-refractivity contribution in [2.75, 3.05) is 43.4 Å². The van der Waals surface area contributed by atoms with Gasteiger partial charge < -0.3 is 4.90 Å². The number of aryl methyl sites for hydroxylation is 2. The van der Waals surface area contributed by atoms with Gasteiger partial charge in [0.1, 0.15) is 0 Å². The molecule has 2 saturated heterocycles. The first kappa shape index (κ1) is 21.4. The largest absolute Gasteiger partial charge is 0.339 e. The Morgan fingerprint density at radius 3 is 2.60 bits per heavy atom. The average molecular weight is 449 g/mol. The second-order valence-electron chi connectivity index (χ2n) is 8.11. The fourth-order valence-electron chi connectivity index (χ4n) is 4.09. The van der Waals surface area contributed by atoms with Crippen molar-refractivity contribution in [3.63, 3.8) is 0 Å². The van der Waals surface area contributed by atoms with E-state index in [4.69, 9.17) is 0 Å². The summed E-state index contributed by atoms with van der Waals surface area (Å²) in [5.74, 6) is 1.01. The van der Waals surface area contributed by atoms with Crippen LogP contribution in [0.25, 0.3) is 5.69 Å². The number of amides is 1. The first-order valence-electron chi connectivity index (χ1n) is 10.3. The highest BCUT2D eigenvalue weighted by Crippen LogP contribution is 2.23. The summed E-state index contributed by atoms with van der Waals surface area (Å²) >= 11 is 1.45. The summed E-state index contributed by atoms with van der Waals surface area (Å²) in [7, 11) is -2.88. The van der Waals surface area contributed by atoms with Crippen molar-refractivity contribution in [1.29, 1.82) is 0 Å². The van der Waals surface area contributed by atoms with Crippen molar-refractivity contribution in [3.8, 4) is 5.69 Å². The summed E-state index contributed by atoms with van der Waals surface area (Å²) in [4.78, 5) is 21.3. The normalized spacial score (nSPS) is 21.8. The van der Waals surface area contributed by atoms with Crippen LogP contribution in [0.4, 0.5) is 0 Å². The van der Waals surface area contributed by atoms with Crippen molar-refractivity contribution in [1.82, 2.24) is 19.4 Å². The molecule has 162 valence electrons. The second-order valence-corrected chi connectivity index (χ2v) is 11.3. The van der Waals surface area contributed by atoms with Crippen LogP contribution < -0.4 is 0 Å². The lowest BCUT2D eigenvalue weighted by Crippen LogP contribution is -2.52. The third-order valence-electron chi connectivity index (χ3n) is 6.09. The number of rotatable bonds is 5. The molecule has 0 N–H and O–H groups in total. The van der Waals surface area contributed by atoms with E-state index in [1.807, 2.05) is 15.7 Å². The van der Waals surface area contributed by atoms with Crippen molar-refractivity contribution in [3.05, 3.63) is 41.7 Å². The smallest absolute Gasteiger partial charge is 0.233 e. The molecule has 1 aromatic heterocycles. The average Bonchev–Trinajstić information content (AvgIpc) is 3.34. The number of carbonyl (C=O) groups excluding carboxylic acids is 1. The molecular formula is C21H28N4O3S2. The van der Waals surface area contributed by atoms with E-state index in [0.717, 1.165) is 23.9 Å². The number of thioether (sulfide) groups is 1. The minimum atomic E-state index is -2.88. The lowest BCUT2D eigenvalue weighted by atomic mass is 10.1. The highest BCUT2D eigenvalue weighted by atomic mass is 32.2. The number of benzene rings is 1. The van der Waals surface area contributed by atoms with Gasteiger partial charge in [0.2, 0.25) is 5.91 Å². The molecule has 0 radical (unpaired) electrons. The predicted molar refractivity (Wildman–Crippen MR) is 119 cm³/mol. The zero-order valence-electron chi connectivity index (χ0n) is 17.5. The van der Waals surface area contributed by atoms with Crippen molar-refractivity contribution < 1.29 is 13.2 Å². The van der Waals surface area contributed by atoms with Crippen LogP contribution in [-0.2, 0) is 14.6 Å². The fourth-order valence-corrected chi connectivity index (χ4v) is 6.72. The summed E-state index contributed by atoms with van der Waals surface area (Å²) in [6, 6.07) is 6.41. The molecule has 2 aromatic rings. The number of hydrogen-bond donors (Lipinski definition) is 0. The Morgan fingerprint density at radius 1 is 1.17 bits per heavy atom. The summed E-state index contributed by atoms with van der Waals surface area (Å²) in [6.45, 7) is 6.98. The maximum absolute atomic E-state index is 12.7. The molecule has 0 aliphatic carbocycles. The zero-order valence-corrected chi connectivity index (χ0v) is 19.1. The monoisotopic (exact) mass is 448 g/mol. The SMILES string of the molecule is Cc1ccc(-n2ccnc2SCC(=O)N2CCN([C@@H]3CCS(=O)(=O)C3)CC2)cc1C. The number of imidazole rings is 1. The summed E-state index contributed by atoms with van der Waals surface area (Å²) < 4.78 is 25.5. The molecule has 2 aliphatic heterocycles. The molecule has 9 heteroatoms. The minimum Gasteiger partial charge on any atom is -0.339 e. The highest BCUT2D eigenvalue weighted by molar-refractivity contribution is 7.99. The van der Waals surface area contributed by atoms with Crippen LogP contribution in [0.15, 0.2) is 35.7 Å². The van der Waals surface area contributed by atoms with Gasteiger partial charge in [-0.25, -0.2) is 13.4 Å². The fraction of sp³-hybridized carbons (Fsp3) is 0.524. The van der Waals surface area contributed by atoms with E-state index < -0.39 is 9.84 Å². The van der Waals surface area contributed by atoms with Gasteiger partial charge in [0.25, 0.3) is 0 Å². The van der Waals surface area contributed by atoms with E-state index in [0.29, 0.717) is 31.0 Å². The summed E-state index contributed by atoms with van der Waals surface area (Å²) in [5, 5.41) is 0.807. The zero-order chi connectivity index (χ0) is 21.3. The number of nitrogens with zero attached hydrogens (tertiary/aromatic N) is 4. The molecular weight excluding hydrogens is 420 g/mol. The molecule has 1 aromatic carbocycles. The van der Waals surface area contributed by atoms with Crippen molar-refractivity contribution in [2.24, 2.45) is 0 Å². The molecule has 2 aliphatic rings. The predicted octanol–water partition coefficient (Wildman–Crippen LogP) is 1.91. The topological polar surface area (TPSA) is 75.5 Å². The first-order chi connectivity index (χ1) is 14.3. The summed E-state index contributed by atoms with van der Waals surface area (Å²) in [6.07, 6.45) is 4.40. The molecule has 3 heterocycles. The minimum absolute atomic E-state index is 0.105. The van der Waals surface area contributed by atoms with Gasteiger partial charge in [0, 0.05) is 50.3 Å². The summed E-state index contributed by atoms with van der Waals surface area (Å²) in [5.41, 5.74) is 3.52. The van der Waals surface area contributed by atoms with E-state index >= 15 is 0 Å². The lowest BCUT2D eigenvalue weighted by molar-refractivity contribution is -0.130. The molecule has 0 spiro atoms. The maximum atomic E-state index is 12.7. The third-order valence-corrected chi connectivity index (χ3v) is 8.79. The molecule has 4 rings (SSSR count). The number of piperazine rings is 1. The molecule has 1 atom stereocenters. The van der Waals surface area contributed by atoms with Crippen molar-refractivity contribution >= 4 is 27.5 Å². The van der Waals surface area contributed by atoms with E-state index in [-0.39, 0.29) is 17.7 Å². The molecule has 0 unspecified atom stereocenters. The number of carbonyl (C=O) groups is 1. The van der Waals surface area contributed by atoms with E-state index in [1.54, 1.807) is 6.20 Å². The third kappa shape index (κ3) is 4.73. The quantitative estimate of drug-likeness (QED) is 0.651.